The van der Waals surface area contributed by atoms with Crippen molar-refractivity contribution in [3.63, 3.8) is 0 Å². The number of rotatable bonds is 5. The summed E-state index contributed by atoms with van der Waals surface area (Å²) in [6, 6.07) is 6.87. The minimum Gasteiger partial charge on any atom is -0.497 e. The van der Waals surface area contributed by atoms with Crippen molar-refractivity contribution in [1.82, 2.24) is 8.61 Å². The van der Waals surface area contributed by atoms with E-state index in [0.717, 1.165) is 18.3 Å². The first-order chi connectivity index (χ1) is 15.0. The van der Waals surface area contributed by atoms with Crippen molar-refractivity contribution in [2.75, 3.05) is 20.2 Å². The Morgan fingerprint density at radius 1 is 1.16 bits per heavy atom. The summed E-state index contributed by atoms with van der Waals surface area (Å²) in [4.78, 5) is 11.7. The number of hydrogen-bond donors (Lipinski definition) is 0. The van der Waals surface area contributed by atoms with E-state index in [0.29, 0.717) is 40.5 Å². The van der Waals surface area contributed by atoms with Crippen LogP contribution in [0.5, 0.6) is 5.75 Å². The molecular formula is C22H27F3N2O4S. The van der Waals surface area contributed by atoms with Gasteiger partial charge in [-0.15, -0.1) is 0 Å². The molecule has 2 bridgehead atoms. The molecule has 176 valence electrons. The molecule has 1 heterocycles. The fourth-order valence-electron chi connectivity index (χ4n) is 5.81. The normalized spacial score (nSPS) is 30.7. The standard InChI is InChI=1S/C22H27F3N2O4S/c1-15-9-18-5-6-19(10-17(15)12-28)21(18)13-26(14-22(23,24)25)32(29,30)27(21)11-16-3-7-20(31-2)8-4-16/h3-4,7-8,12,18-19H,5-6,9-11,13-14H2,1-2H3. The van der Waals surface area contributed by atoms with Gasteiger partial charge in [-0.25, -0.2) is 0 Å². The number of allylic oxidation sites excluding steroid dienone is 2. The summed E-state index contributed by atoms with van der Waals surface area (Å²) in [6.45, 7) is 0.119. The average molecular weight is 473 g/mol. The van der Waals surface area contributed by atoms with Crippen LogP contribution in [0, 0.1) is 11.8 Å². The van der Waals surface area contributed by atoms with Gasteiger partial charge in [-0.1, -0.05) is 17.7 Å². The predicted molar refractivity (Wildman–Crippen MR) is 112 cm³/mol. The Balaban J connectivity index is 1.78. The number of benzene rings is 1. The quantitative estimate of drug-likeness (QED) is 0.613. The van der Waals surface area contributed by atoms with Gasteiger partial charge < -0.3 is 4.74 Å². The van der Waals surface area contributed by atoms with Crippen LogP contribution in [-0.2, 0) is 21.5 Å². The molecule has 3 aliphatic rings. The van der Waals surface area contributed by atoms with E-state index >= 15 is 0 Å². The highest BCUT2D eigenvalue weighted by molar-refractivity contribution is 7.87. The van der Waals surface area contributed by atoms with Crippen molar-refractivity contribution in [1.29, 1.82) is 0 Å². The Kier molecular flexibility index (Phi) is 5.92. The molecule has 1 spiro atoms. The summed E-state index contributed by atoms with van der Waals surface area (Å²) in [6.07, 6.45) is -1.52. The SMILES string of the molecule is COc1ccc(CN2C3(CN(CC(F)(F)F)S2(=O)=O)C2CCC3CC(C=O)=C(C)C2)cc1. The zero-order valence-electron chi connectivity index (χ0n) is 18.1. The number of methoxy groups -OCH3 is 1. The van der Waals surface area contributed by atoms with Crippen LogP contribution in [0.15, 0.2) is 35.4 Å². The second-order valence-corrected chi connectivity index (χ2v) is 10.9. The lowest BCUT2D eigenvalue weighted by atomic mass is 9.78. The molecule has 0 N–H and O–H groups in total. The molecule has 1 saturated carbocycles. The summed E-state index contributed by atoms with van der Waals surface area (Å²) in [5, 5.41) is 0. The van der Waals surface area contributed by atoms with Gasteiger partial charge in [-0.05, 0) is 67.7 Å². The summed E-state index contributed by atoms with van der Waals surface area (Å²) >= 11 is 0. The van der Waals surface area contributed by atoms with E-state index in [9.17, 15) is 26.4 Å². The zero-order valence-corrected chi connectivity index (χ0v) is 18.9. The third-order valence-electron chi connectivity index (χ3n) is 7.33. The van der Waals surface area contributed by atoms with Gasteiger partial charge >= 0.3 is 6.18 Å². The molecule has 1 aliphatic heterocycles. The third kappa shape index (κ3) is 3.86. The summed E-state index contributed by atoms with van der Waals surface area (Å²) < 4.78 is 74.0. The molecule has 6 nitrogen and oxygen atoms in total. The number of hydrogen-bond acceptors (Lipinski definition) is 4. The van der Waals surface area contributed by atoms with Crippen LogP contribution in [0.25, 0.3) is 0 Å². The van der Waals surface area contributed by atoms with Gasteiger partial charge in [0, 0.05) is 13.1 Å². The van der Waals surface area contributed by atoms with Crippen LogP contribution < -0.4 is 4.74 Å². The fourth-order valence-corrected chi connectivity index (χ4v) is 7.86. The second-order valence-electron chi connectivity index (χ2n) is 9.04. The lowest BCUT2D eigenvalue weighted by Crippen LogP contribution is -2.53. The van der Waals surface area contributed by atoms with Crippen molar-refractivity contribution < 1.29 is 31.1 Å². The zero-order chi connectivity index (χ0) is 23.3. The summed E-state index contributed by atoms with van der Waals surface area (Å²) in [7, 11) is -2.84. The molecular weight excluding hydrogens is 445 g/mol. The highest BCUT2D eigenvalue weighted by Gasteiger charge is 2.65. The minimum atomic E-state index is -4.64. The number of ether oxygens (including phenoxy) is 1. The van der Waals surface area contributed by atoms with Crippen molar-refractivity contribution >= 4 is 16.5 Å². The molecule has 2 fully saturated rings. The Labute approximate surface area is 186 Å². The number of alkyl halides is 3. The molecule has 32 heavy (non-hydrogen) atoms. The maximum absolute atomic E-state index is 13.5. The van der Waals surface area contributed by atoms with E-state index < -0.39 is 28.5 Å². The Morgan fingerprint density at radius 3 is 2.34 bits per heavy atom. The van der Waals surface area contributed by atoms with E-state index in [1.54, 1.807) is 24.3 Å². The maximum atomic E-state index is 13.5. The molecule has 4 rings (SSSR count). The number of carbonyl (C=O) groups excluding carboxylic acids is 1. The molecule has 3 unspecified atom stereocenters. The van der Waals surface area contributed by atoms with E-state index in [-0.39, 0.29) is 24.9 Å². The Hall–Kier alpha value is -1.91. The first-order valence-electron chi connectivity index (χ1n) is 10.6. The molecule has 1 saturated heterocycles. The Bertz CT molecular complexity index is 1020. The molecule has 0 radical (unpaired) electrons. The molecule has 0 amide bonds. The first kappa shape index (κ1) is 23.3. The maximum Gasteiger partial charge on any atom is 0.402 e. The van der Waals surface area contributed by atoms with E-state index in [4.69, 9.17) is 4.74 Å². The van der Waals surface area contributed by atoms with Crippen molar-refractivity contribution in [2.24, 2.45) is 11.8 Å². The molecule has 0 aromatic heterocycles. The van der Waals surface area contributed by atoms with Gasteiger partial charge in [0.1, 0.15) is 18.6 Å². The van der Waals surface area contributed by atoms with E-state index in [2.05, 4.69) is 0 Å². The van der Waals surface area contributed by atoms with Crippen LogP contribution in [0.1, 0.15) is 38.2 Å². The van der Waals surface area contributed by atoms with E-state index in [1.807, 2.05) is 6.92 Å². The van der Waals surface area contributed by atoms with Gasteiger partial charge in [-0.3, -0.25) is 4.79 Å². The fraction of sp³-hybridized carbons (Fsp3) is 0.591. The van der Waals surface area contributed by atoms with Crippen molar-refractivity contribution in [2.45, 2.75) is 50.9 Å². The smallest absolute Gasteiger partial charge is 0.402 e. The molecule has 3 atom stereocenters. The van der Waals surface area contributed by atoms with Gasteiger partial charge in [0.05, 0.1) is 12.6 Å². The van der Waals surface area contributed by atoms with Crippen LogP contribution in [0.2, 0.25) is 0 Å². The van der Waals surface area contributed by atoms with Gasteiger partial charge in [0.15, 0.2) is 0 Å². The predicted octanol–water partition coefficient (Wildman–Crippen LogP) is 3.69. The first-order valence-corrected chi connectivity index (χ1v) is 12.0. The topological polar surface area (TPSA) is 66.9 Å². The summed E-state index contributed by atoms with van der Waals surface area (Å²) in [5.74, 6) is 0.254. The van der Waals surface area contributed by atoms with Crippen LogP contribution in [0.4, 0.5) is 13.2 Å². The van der Waals surface area contributed by atoms with Gasteiger partial charge in [0.2, 0.25) is 0 Å². The van der Waals surface area contributed by atoms with Crippen molar-refractivity contribution in [3.05, 3.63) is 41.0 Å². The molecule has 2 aliphatic carbocycles. The number of aldehydes is 1. The Morgan fingerprint density at radius 2 is 1.78 bits per heavy atom. The largest absolute Gasteiger partial charge is 0.497 e. The minimum absolute atomic E-state index is 0.0246. The van der Waals surface area contributed by atoms with Gasteiger partial charge in [0.25, 0.3) is 10.2 Å². The lowest BCUT2D eigenvalue weighted by Gasteiger charge is -2.41. The summed E-state index contributed by atoms with van der Waals surface area (Å²) in [5.41, 5.74) is 1.25. The van der Waals surface area contributed by atoms with Crippen LogP contribution >= 0.6 is 0 Å². The number of carbonyl (C=O) groups is 1. The average Bonchev–Trinajstić information content (AvgIpc) is 3.10. The van der Waals surface area contributed by atoms with E-state index in [1.165, 1.54) is 11.4 Å². The molecule has 10 heteroatoms. The monoisotopic (exact) mass is 472 g/mol. The molecule has 1 aromatic carbocycles. The number of nitrogens with zero attached hydrogens (tertiary/aromatic N) is 2. The van der Waals surface area contributed by atoms with Crippen LogP contribution in [0.3, 0.4) is 0 Å². The highest BCUT2D eigenvalue weighted by atomic mass is 32.2. The number of halogens is 3. The third-order valence-corrected chi connectivity index (χ3v) is 9.26. The second kappa shape index (κ2) is 8.14. The van der Waals surface area contributed by atoms with Gasteiger partial charge in [-0.2, -0.15) is 30.2 Å². The highest BCUT2D eigenvalue weighted by Crippen LogP contribution is 2.57. The lowest BCUT2D eigenvalue weighted by molar-refractivity contribution is -0.136. The molecule has 1 aromatic rings. The van der Waals surface area contributed by atoms with Crippen LogP contribution in [-0.4, -0.2) is 55.2 Å². The van der Waals surface area contributed by atoms with Crippen molar-refractivity contribution in [3.8, 4) is 5.75 Å².